The Balaban J connectivity index is 1.00. The third kappa shape index (κ3) is 6.26. The molecule has 1 unspecified atom stereocenters. The van der Waals surface area contributed by atoms with Gasteiger partial charge < -0.3 is 9.47 Å². The molecule has 62 heavy (non-hydrogen) atoms. The highest BCUT2D eigenvalue weighted by Gasteiger charge is 2.24. The van der Waals surface area contributed by atoms with Crippen LogP contribution in [0.25, 0.3) is 71.3 Å². The van der Waals surface area contributed by atoms with Crippen molar-refractivity contribution in [3.05, 3.63) is 247 Å². The van der Waals surface area contributed by atoms with Crippen molar-refractivity contribution in [2.75, 3.05) is 4.90 Å². The fourth-order valence-electron chi connectivity index (χ4n) is 10.1. The van der Waals surface area contributed by atoms with E-state index >= 15 is 0 Å². The molecule has 1 aromatic heterocycles. The van der Waals surface area contributed by atoms with Crippen molar-refractivity contribution in [1.82, 2.24) is 4.57 Å². The van der Waals surface area contributed by atoms with Crippen LogP contribution >= 0.6 is 0 Å². The van der Waals surface area contributed by atoms with Crippen molar-refractivity contribution in [2.45, 2.75) is 19.3 Å². The maximum Gasteiger partial charge on any atom is 0.0553 e. The summed E-state index contributed by atoms with van der Waals surface area (Å²) in [5.41, 5.74) is 16.1. The number of anilines is 2. The topological polar surface area (TPSA) is 8.17 Å². The number of benzene rings is 8. The van der Waals surface area contributed by atoms with E-state index in [1.165, 1.54) is 93.7 Å². The van der Waals surface area contributed by atoms with Crippen LogP contribution in [0.4, 0.5) is 11.4 Å². The van der Waals surface area contributed by atoms with Crippen LogP contribution in [0.3, 0.4) is 0 Å². The average Bonchev–Trinajstić information content (AvgIpc) is 3.67. The Morgan fingerprint density at radius 2 is 1.19 bits per heavy atom. The van der Waals surface area contributed by atoms with Crippen LogP contribution in [0.2, 0.25) is 0 Å². The monoisotopic (exact) mass is 792 g/mol. The predicted molar refractivity (Wildman–Crippen MR) is 264 cm³/mol. The van der Waals surface area contributed by atoms with Gasteiger partial charge in [-0.05, 0) is 140 Å². The highest BCUT2D eigenvalue weighted by atomic mass is 15.1. The van der Waals surface area contributed by atoms with Gasteiger partial charge in [-0.15, -0.1) is 0 Å². The van der Waals surface area contributed by atoms with Gasteiger partial charge in [-0.1, -0.05) is 164 Å². The van der Waals surface area contributed by atoms with Gasteiger partial charge in [0.1, 0.15) is 0 Å². The average molecular weight is 793 g/mol. The molecule has 0 amide bonds. The zero-order chi connectivity index (χ0) is 41.0. The molecule has 2 heteroatoms. The summed E-state index contributed by atoms with van der Waals surface area (Å²) in [7, 11) is 0. The van der Waals surface area contributed by atoms with Gasteiger partial charge >= 0.3 is 0 Å². The minimum absolute atomic E-state index is 0.481. The first-order valence-electron chi connectivity index (χ1n) is 21.9. The second kappa shape index (κ2) is 15.1. The van der Waals surface area contributed by atoms with Gasteiger partial charge in [-0.3, -0.25) is 0 Å². The molecule has 0 N–H and O–H groups in total. The Bertz CT molecular complexity index is 3400. The first-order valence-corrected chi connectivity index (χ1v) is 21.9. The smallest absolute Gasteiger partial charge is 0.0553 e. The number of aromatic nitrogens is 1. The quantitative estimate of drug-likeness (QED) is 0.156. The van der Waals surface area contributed by atoms with E-state index in [4.69, 9.17) is 0 Å². The van der Waals surface area contributed by atoms with E-state index in [-0.39, 0.29) is 0 Å². The minimum atomic E-state index is 0.481. The number of hydrogen-bond donors (Lipinski definition) is 0. The van der Waals surface area contributed by atoms with Crippen molar-refractivity contribution < 1.29 is 0 Å². The molecular formula is C60H44N2. The van der Waals surface area contributed by atoms with E-state index in [2.05, 4.69) is 234 Å². The lowest BCUT2D eigenvalue weighted by molar-refractivity contribution is 0.782. The van der Waals surface area contributed by atoms with E-state index in [0.717, 1.165) is 30.6 Å². The Morgan fingerprint density at radius 3 is 2.02 bits per heavy atom. The van der Waals surface area contributed by atoms with Gasteiger partial charge in [0.2, 0.25) is 0 Å². The Hall–Kier alpha value is -7.68. The molecule has 0 saturated heterocycles. The van der Waals surface area contributed by atoms with Gasteiger partial charge in [-0.25, -0.2) is 0 Å². The second-order valence-corrected chi connectivity index (χ2v) is 16.8. The van der Waals surface area contributed by atoms with Crippen LogP contribution < -0.4 is 4.90 Å². The highest BCUT2D eigenvalue weighted by molar-refractivity contribution is 6.21. The van der Waals surface area contributed by atoms with Gasteiger partial charge in [0.25, 0.3) is 0 Å². The summed E-state index contributed by atoms with van der Waals surface area (Å²) < 4.78 is 2.44. The Labute approximate surface area is 362 Å². The molecule has 0 aliphatic heterocycles. The van der Waals surface area contributed by atoms with Crippen LogP contribution in [0.5, 0.6) is 0 Å². The summed E-state index contributed by atoms with van der Waals surface area (Å²) in [6.07, 6.45) is 21.5. The van der Waals surface area contributed by atoms with E-state index in [0.29, 0.717) is 5.92 Å². The molecule has 8 aromatic carbocycles. The molecule has 3 aliphatic rings. The van der Waals surface area contributed by atoms with Crippen molar-refractivity contribution in [1.29, 1.82) is 0 Å². The van der Waals surface area contributed by atoms with Crippen LogP contribution in [-0.4, -0.2) is 4.57 Å². The summed E-state index contributed by atoms with van der Waals surface area (Å²) in [6, 6.07) is 64.8. The standard InChI is InChI=1S/C60H44N2/c1-2-19-51(20-3-1)62-57-24-11-10-23-56(57)60-58(62)40-49-17-8-9-22-55(49)59(60)50-18-12-21-54(39-50)61(52-33-29-43(30-34-52)47-27-25-41-13-4-6-15-45(41)37-47)53-35-31-44(32-36-53)48-28-26-42-14-5-7-16-46(42)38-48/h1-11,13-20,22-25,27-40,42H,12,21,26H2. The fraction of sp³-hybridized carbons (Fsp3) is 0.0667. The summed E-state index contributed by atoms with van der Waals surface area (Å²) >= 11 is 0. The number of hydrogen-bond acceptors (Lipinski definition) is 1. The molecule has 0 bridgehead atoms. The minimum Gasteiger partial charge on any atom is -0.314 e. The third-order valence-corrected chi connectivity index (χ3v) is 13.1. The van der Waals surface area contributed by atoms with Crippen molar-refractivity contribution in [3.63, 3.8) is 0 Å². The summed E-state index contributed by atoms with van der Waals surface area (Å²) in [5.74, 6) is 0.481. The van der Waals surface area contributed by atoms with E-state index in [1.54, 1.807) is 0 Å². The molecule has 3 aliphatic carbocycles. The van der Waals surface area contributed by atoms with Crippen LogP contribution in [-0.2, 0) is 0 Å². The SMILES string of the molecule is C1=CC2=CC(c3ccc(N(C4=CC(c5c6ccccc6cc6c5c5ccccc5n6-c5ccccc5)=CCC4)c4ccc(-c5ccc6ccccc6c5)cc4)cc3)=CCC2C=C1. The van der Waals surface area contributed by atoms with Crippen molar-refractivity contribution >= 4 is 65.9 Å². The van der Waals surface area contributed by atoms with Gasteiger partial charge in [-0.2, -0.15) is 0 Å². The molecule has 12 rings (SSSR count). The Kier molecular flexibility index (Phi) is 8.81. The fourth-order valence-corrected chi connectivity index (χ4v) is 10.1. The molecule has 0 spiro atoms. The summed E-state index contributed by atoms with van der Waals surface area (Å²) in [6.45, 7) is 0. The molecule has 9 aromatic rings. The second-order valence-electron chi connectivity index (χ2n) is 16.8. The van der Waals surface area contributed by atoms with Gasteiger partial charge in [0.15, 0.2) is 0 Å². The first-order chi connectivity index (χ1) is 30.7. The van der Waals surface area contributed by atoms with E-state index in [9.17, 15) is 0 Å². The molecule has 1 heterocycles. The van der Waals surface area contributed by atoms with Crippen molar-refractivity contribution in [3.8, 4) is 16.8 Å². The molecular weight excluding hydrogens is 749 g/mol. The normalized spacial score (nSPS) is 16.0. The van der Waals surface area contributed by atoms with Crippen LogP contribution in [0.15, 0.2) is 236 Å². The lowest BCUT2D eigenvalue weighted by atomic mass is 9.84. The van der Waals surface area contributed by atoms with Crippen molar-refractivity contribution in [2.24, 2.45) is 5.92 Å². The van der Waals surface area contributed by atoms with Gasteiger partial charge in [0.05, 0.1) is 11.0 Å². The van der Waals surface area contributed by atoms with E-state index in [1.807, 2.05) is 0 Å². The summed E-state index contributed by atoms with van der Waals surface area (Å²) in [5, 5.41) is 7.59. The zero-order valence-corrected chi connectivity index (χ0v) is 34.5. The molecule has 0 saturated carbocycles. The number of nitrogens with zero attached hydrogens (tertiary/aromatic N) is 2. The highest BCUT2D eigenvalue weighted by Crippen LogP contribution is 2.45. The summed E-state index contributed by atoms with van der Waals surface area (Å²) in [4.78, 5) is 2.49. The molecule has 1 atom stereocenters. The molecule has 294 valence electrons. The third-order valence-electron chi connectivity index (χ3n) is 13.1. The Morgan fingerprint density at radius 1 is 0.500 bits per heavy atom. The maximum absolute atomic E-state index is 2.49. The van der Waals surface area contributed by atoms with Crippen LogP contribution in [0.1, 0.15) is 30.4 Å². The number of allylic oxidation sites excluding steroid dienone is 12. The van der Waals surface area contributed by atoms with Gasteiger partial charge in [0, 0.05) is 39.4 Å². The lowest BCUT2D eigenvalue weighted by Crippen LogP contribution is -2.18. The predicted octanol–water partition coefficient (Wildman–Crippen LogP) is 16.1. The first kappa shape index (κ1) is 36.2. The number of fused-ring (bicyclic) bond motifs is 6. The largest absolute Gasteiger partial charge is 0.314 e. The zero-order valence-electron chi connectivity index (χ0n) is 34.5. The maximum atomic E-state index is 2.49. The molecule has 2 nitrogen and oxygen atoms in total. The lowest BCUT2D eigenvalue weighted by Gasteiger charge is -2.31. The molecule has 0 radical (unpaired) electrons. The van der Waals surface area contributed by atoms with Crippen LogP contribution in [0, 0.1) is 5.92 Å². The molecule has 0 fully saturated rings. The number of para-hydroxylation sites is 2. The van der Waals surface area contributed by atoms with E-state index < -0.39 is 0 Å². The number of rotatable bonds is 7.